The van der Waals surface area contributed by atoms with Crippen molar-refractivity contribution < 1.29 is 14.3 Å². The van der Waals surface area contributed by atoms with Crippen LogP contribution in [0, 0.1) is 0 Å². The third kappa shape index (κ3) is 4.85. The van der Waals surface area contributed by atoms with Gasteiger partial charge in [-0.05, 0) is 29.8 Å². The zero-order valence-electron chi connectivity index (χ0n) is 14.2. The van der Waals surface area contributed by atoms with Crippen LogP contribution < -0.4 is 0 Å². The molecule has 2 aromatic carbocycles. The maximum Gasteiger partial charge on any atom is 0.223 e. The van der Waals surface area contributed by atoms with Crippen LogP contribution in [-0.4, -0.2) is 36.3 Å². The molecule has 0 spiro atoms. The molecule has 1 aliphatic heterocycles. The van der Waals surface area contributed by atoms with Crippen LogP contribution in [0.25, 0.3) is 0 Å². The topological polar surface area (TPSA) is 46.6 Å². The molecule has 1 fully saturated rings. The molecule has 0 saturated carbocycles. The third-order valence-corrected chi connectivity index (χ3v) is 4.86. The molecule has 1 aliphatic rings. The first-order valence-corrected chi connectivity index (χ1v) is 9.22. The molecule has 2 aromatic rings. The lowest BCUT2D eigenvalue weighted by atomic mass is 10.1. The minimum absolute atomic E-state index is 0.0392. The average Bonchev–Trinajstić information content (AvgIpc) is 2.66. The van der Waals surface area contributed by atoms with Gasteiger partial charge in [0.2, 0.25) is 5.91 Å². The van der Waals surface area contributed by atoms with Gasteiger partial charge in [0.25, 0.3) is 0 Å². The SMILES string of the molecule is O=C(CCC(=O)N1CCOC(c2ccc(Cl)cc2)C1)c1cccc(Cl)c1. The van der Waals surface area contributed by atoms with Crippen LogP contribution in [0.5, 0.6) is 0 Å². The molecule has 1 amide bonds. The van der Waals surface area contributed by atoms with E-state index >= 15 is 0 Å². The van der Waals surface area contributed by atoms with E-state index in [0.717, 1.165) is 5.56 Å². The second-order valence-electron chi connectivity index (χ2n) is 6.18. The fourth-order valence-corrected chi connectivity index (χ4v) is 3.26. The van der Waals surface area contributed by atoms with Gasteiger partial charge in [-0.1, -0.05) is 47.5 Å². The Labute approximate surface area is 162 Å². The normalized spacial score (nSPS) is 17.2. The number of carbonyl (C=O) groups excluding carboxylic acids is 2. The summed E-state index contributed by atoms with van der Waals surface area (Å²) in [5.41, 5.74) is 1.52. The summed E-state index contributed by atoms with van der Waals surface area (Å²) in [6.07, 6.45) is 0.175. The van der Waals surface area contributed by atoms with Gasteiger partial charge in [0.15, 0.2) is 5.78 Å². The molecular formula is C20H19Cl2NO3. The maximum atomic E-state index is 12.5. The van der Waals surface area contributed by atoms with E-state index in [9.17, 15) is 9.59 Å². The summed E-state index contributed by atoms with van der Waals surface area (Å²) in [7, 11) is 0. The van der Waals surface area contributed by atoms with Gasteiger partial charge in [-0.25, -0.2) is 0 Å². The van der Waals surface area contributed by atoms with Crippen molar-refractivity contribution in [2.24, 2.45) is 0 Å². The van der Waals surface area contributed by atoms with Gasteiger partial charge >= 0.3 is 0 Å². The summed E-state index contributed by atoms with van der Waals surface area (Å²) in [4.78, 5) is 26.5. The molecule has 1 heterocycles. The Morgan fingerprint density at radius 1 is 1.04 bits per heavy atom. The molecule has 26 heavy (non-hydrogen) atoms. The first kappa shape index (κ1) is 18.9. The summed E-state index contributed by atoms with van der Waals surface area (Å²) in [6, 6.07) is 14.2. The number of benzene rings is 2. The second kappa shape index (κ2) is 8.67. The molecule has 6 heteroatoms. The molecule has 3 rings (SSSR count). The van der Waals surface area contributed by atoms with Gasteiger partial charge in [0.1, 0.15) is 6.10 Å². The first-order valence-electron chi connectivity index (χ1n) is 8.46. The third-order valence-electron chi connectivity index (χ3n) is 4.37. The zero-order chi connectivity index (χ0) is 18.5. The van der Waals surface area contributed by atoms with Crippen LogP contribution in [0.2, 0.25) is 10.0 Å². The number of hydrogen-bond acceptors (Lipinski definition) is 3. The largest absolute Gasteiger partial charge is 0.370 e. The molecule has 0 aliphatic carbocycles. The van der Waals surface area contributed by atoms with Crippen LogP contribution in [0.15, 0.2) is 48.5 Å². The summed E-state index contributed by atoms with van der Waals surface area (Å²) >= 11 is 11.8. The molecule has 0 aromatic heterocycles. The van der Waals surface area contributed by atoms with E-state index in [-0.39, 0.29) is 30.6 Å². The molecule has 0 bridgehead atoms. The number of nitrogens with zero attached hydrogens (tertiary/aromatic N) is 1. The van der Waals surface area contributed by atoms with Crippen LogP contribution in [-0.2, 0) is 9.53 Å². The van der Waals surface area contributed by atoms with Crippen molar-refractivity contribution in [2.75, 3.05) is 19.7 Å². The number of ketones is 1. The molecule has 0 N–H and O–H groups in total. The number of halogens is 2. The highest BCUT2D eigenvalue weighted by Gasteiger charge is 2.25. The predicted molar refractivity (Wildman–Crippen MR) is 102 cm³/mol. The van der Waals surface area contributed by atoms with E-state index in [1.165, 1.54) is 0 Å². The van der Waals surface area contributed by atoms with Crippen molar-refractivity contribution >= 4 is 34.9 Å². The highest BCUT2D eigenvalue weighted by molar-refractivity contribution is 6.31. The summed E-state index contributed by atoms with van der Waals surface area (Å²) in [6.45, 7) is 1.49. The molecule has 1 atom stereocenters. The molecular weight excluding hydrogens is 373 g/mol. The minimum Gasteiger partial charge on any atom is -0.370 e. The van der Waals surface area contributed by atoms with Crippen LogP contribution >= 0.6 is 23.2 Å². The minimum atomic E-state index is -0.173. The van der Waals surface area contributed by atoms with Crippen molar-refractivity contribution in [3.8, 4) is 0 Å². The molecule has 0 radical (unpaired) electrons. The molecule has 1 unspecified atom stereocenters. The number of rotatable bonds is 5. The zero-order valence-corrected chi connectivity index (χ0v) is 15.7. The lowest BCUT2D eigenvalue weighted by Crippen LogP contribution is -2.42. The first-order chi connectivity index (χ1) is 12.5. The number of Topliss-reactive ketones (excluding diaryl/α,β-unsaturated/α-hetero) is 1. The van der Waals surface area contributed by atoms with Gasteiger partial charge in [-0.3, -0.25) is 9.59 Å². The van der Waals surface area contributed by atoms with E-state index in [4.69, 9.17) is 27.9 Å². The predicted octanol–water partition coefficient (Wildman–Crippen LogP) is 4.56. The lowest BCUT2D eigenvalue weighted by molar-refractivity contribution is -0.139. The van der Waals surface area contributed by atoms with Gasteiger partial charge in [0.05, 0.1) is 13.2 Å². The number of carbonyl (C=O) groups is 2. The second-order valence-corrected chi connectivity index (χ2v) is 7.06. The number of hydrogen-bond donors (Lipinski definition) is 0. The Morgan fingerprint density at radius 2 is 1.81 bits per heavy atom. The lowest BCUT2D eigenvalue weighted by Gasteiger charge is -2.33. The number of morpholine rings is 1. The van der Waals surface area contributed by atoms with Crippen LogP contribution in [0.4, 0.5) is 0 Å². The van der Waals surface area contributed by atoms with Crippen molar-refractivity contribution in [1.29, 1.82) is 0 Å². The quantitative estimate of drug-likeness (QED) is 0.701. The van der Waals surface area contributed by atoms with Gasteiger partial charge in [-0.2, -0.15) is 0 Å². The van der Waals surface area contributed by atoms with Gasteiger partial charge in [-0.15, -0.1) is 0 Å². The summed E-state index contributed by atoms with van der Waals surface area (Å²) in [5, 5.41) is 1.18. The van der Waals surface area contributed by atoms with E-state index < -0.39 is 0 Å². The van der Waals surface area contributed by atoms with Crippen LogP contribution in [0.3, 0.4) is 0 Å². The smallest absolute Gasteiger partial charge is 0.223 e. The van der Waals surface area contributed by atoms with Crippen molar-refractivity contribution in [3.05, 3.63) is 69.7 Å². The van der Waals surface area contributed by atoms with Crippen molar-refractivity contribution in [1.82, 2.24) is 4.90 Å². The van der Waals surface area contributed by atoms with Crippen molar-refractivity contribution in [3.63, 3.8) is 0 Å². The van der Waals surface area contributed by atoms with Crippen molar-refractivity contribution in [2.45, 2.75) is 18.9 Å². The van der Waals surface area contributed by atoms with E-state index in [1.807, 2.05) is 24.3 Å². The number of ether oxygens (including phenoxy) is 1. The highest BCUT2D eigenvalue weighted by Crippen LogP contribution is 2.24. The Morgan fingerprint density at radius 3 is 2.54 bits per heavy atom. The highest BCUT2D eigenvalue weighted by atomic mass is 35.5. The number of amides is 1. The molecule has 1 saturated heterocycles. The molecule has 136 valence electrons. The fraction of sp³-hybridized carbons (Fsp3) is 0.300. The Balaban J connectivity index is 1.55. The Hall–Kier alpha value is -1.88. The summed E-state index contributed by atoms with van der Waals surface area (Å²) in [5.74, 6) is -0.119. The van der Waals surface area contributed by atoms with Crippen LogP contribution in [0.1, 0.15) is 34.9 Å². The monoisotopic (exact) mass is 391 g/mol. The Kier molecular flexibility index (Phi) is 6.30. The Bertz CT molecular complexity index is 792. The van der Waals surface area contributed by atoms with Gasteiger partial charge < -0.3 is 9.64 Å². The average molecular weight is 392 g/mol. The van der Waals surface area contributed by atoms with E-state index in [1.54, 1.807) is 29.2 Å². The molecule has 4 nitrogen and oxygen atoms in total. The van der Waals surface area contributed by atoms with Gasteiger partial charge in [0, 0.05) is 35.0 Å². The van der Waals surface area contributed by atoms with E-state index in [2.05, 4.69) is 0 Å². The summed E-state index contributed by atoms with van der Waals surface area (Å²) < 4.78 is 5.77. The van der Waals surface area contributed by atoms with E-state index in [0.29, 0.717) is 35.3 Å². The maximum absolute atomic E-state index is 12.5. The standard InChI is InChI=1S/C20H19Cl2NO3/c21-16-6-4-14(5-7-16)19-13-23(10-11-26-19)20(25)9-8-18(24)15-2-1-3-17(22)12-15/h1-7,12,19H,8-11,13H2. The fourth-order valence-electron chi connectivity index (χ4n) is 2.94.